The van der Waals surface area contributed by atoms with E-state index in [0.29, 0.717) is 6.42 Å². The van der Waals surface area contributed by atoms with Crippen LogP contribution in [0.1, 0.15) is 43.0 Å². The van der Waals surface area contributed by atoms with Crippen LogP contribution in [0.3, 0.4) is 0 Å². The fourth-order valence-electron chi connectivity index (χ4n) is 2.76. The Labute approximate surface area is 124 Å². The second kappa shape index (κ2) is 5.74. The van der Waals surface area contributed by atoms with E-state index in [-0.39, 0.29) is 17.5 Å². The van der Waals surface area contributed by atoms with Gasteiger partial charge in [-0.25, -0.2) is 0 Å². The number of amides is 1. The molecular formula is C17H20N2O2. The van der Waals surface area contributed by atoms with Crippen LogP contribution in [-0.4, -0.2) is 11.4 Å². The second-order valence-electron chi connectivity index (χ2n) is 5.82. The zero-order chi connectivity index (χ0) is 14.7. The third-order valence-electron chi connectivity index (χ3n) is 4.13. The molecule has 0 aliphatic heterocycles. The Balaban J connectivity index is 1.75. The largest absolute Gasteiger partial charge is 0.467 e. The van der Waals surface area contributed by atoms with Crippen molar-refractivity contribution in [2.45, 2.75) is 37.3 Å². The Hall–Kier alpha value is -2.07. The lowest BCUT2D eigenvalue weighted by Crippen LogP contribution is -2.50. The lowest BCUT2D eigenvalue weighted by molar-refractivity contribution is -0.123. The Morgan fingerprint density at radius 3 is 2.57 bits per heavy atom. The van der Waals surface area contributed by atoms with Crippen LogP contribution in [0.5, 0.6) is 0 Å². The van der Waals surface area contributed by atoms with Crippen molar-refractivity contribution in [3.63, 3.8) is 0 Å². The SMILES string of the molecule is NC1(CC(=O)NC(c2ccccc2)c2ccco2)CCC1. The van der Waals surface area contributed by atoms with Gasteiger partial charge in [0, 0.05) is 12.0 Å². The third-order valence-corrected chi connectivity index (χ3v) is 4.13. The van der Waals surface area contributed by atoms with E-state index >= 15 is 0 Å². The molecule has 1 fully saturated rings. The summed E-state index contributed by atoms with van der Waals surface area (Å²) in [6, 6.07) is 13.3. The molecule has 1 amide bonds. The predicted molar refractivity (Wildman–Crippen MR) is 80.5 cm³/mol. The number of carbonyl (C=O) groups is 1. The van der Waals surface area contributed by atoms with Crippen molar-refractivity contribution in [3.8, 4) is 0 Å². The summed E-state index contributed by atoms with van der Waals surface area (Å²) < 4.78 is 5.48. The number of carbonyl (C=O) groups excluding carboxylic acids is 1. The van der Waals surface area contributed by atoms with E-state index in [2.05, 4.69) is 5.32 Å². The van der Waals surface area contributed by atoms with Gasteiger partial charge in [-0.3, -0.25) is 4.79 Å². The first kappa shape index (κ1) is 13.9. The highest BCUT2D eigenvalue weighted by atomic mass is 16.3. The standard InChI is InChI=1S/C17H20N2O2/c18-17(9-5-10-17)12-15(20)19-16(14-8-4-11-21-14)13-6-2-1-3-7-13/h1-4,6-8,11,16H,5,9-10,12,18H2,(H,19,20). The molecule has 1 aromatic heterocycles. The molecule has 1 aliphatic carbocycles. The van der Waals surface area contributed by atoms with E-state index in [1.807, 2.05) is 42.5 Å². The summed E-state index contributed by atoms with van der Waals surface area (Å²) in [6.07, 6.45) is 4.96. The highest BCUT2D eigenvalue weighted by Crippen LogP contribution is 2.32. The van der Waals surface area contributed by atoms with Gasteiger partial charge in [0.15, 0.2) is 0 Å². The normalized spacial score (nSPS) is 17.8. The van der Waals surface area contributed by atoms with Gasteiger partial charge in [-0.1, -0.05) is 30.3 Å². The maximum atomic E-state index is 12.3. The Bertz CT molecular complexity index is 589. The number of rotatable bonds is 5. The summed E-state index contributed by atoms with van der Waals surface area (Å²) in [7, 11) is 0. The molecule has 0 bridgehead atoms. The summed E-state index contributed by atoms with van der Waals surface area (Å²) in [4.78, 5) is 12.3. The molecule has 2 aromatic rings. The quantitative estimate of drug-likeness (QED) is 0.887. The molecule has 0 radical (unpaired) electrons. The number of hydrogen-bond acceptors (Lipinski definition) is 3. The summed E-state index contributed by atoms with van der Waals surface area (Å²) in [6.45, 7) is 0. The maximum Gasteiger partial charge on any atom is 0.222 e. The van der Waals surface area contributed by atoms with Crippen LogP contribution >= 0.6 is 0 Å². The van der Waals surface area contributed by atoms with Crippen molar-refractivity contribution in [1.82, 2.24) is 5.32 Å². The van der Waals surface area contributed by atoms with Gasteiger partial charge in [0.1, 0.15) is 11.8 Å². The minimum absolute atomic E-state index is 0.0255. The van der Waals surface area contributed by atoms with Gasteiger partial charge in [0.05, 0.1) is 6.26 Å². The van der Waals surface area contributed by atoms with E-state index in [1.165, 1.54) is 0 Å². The van der Waals surface area contributed by atoms with Crippen molar-refractivity contribution >= 4 is 5.91 Å². The first-order chi connectivity index (χ1) is 10.2. The average molecular weight is 284 g/mol. The fourth-order valence-corrected chi connectivity index (χ4v) is 2.76. The van der Waals surface area contributed by atoms with Crippen molar-refractivity contribution in [1.29, 1.82) is 0 Å². The molecule has 4 heteroatoms. The molecule has 4 nitrogen and oxygen atoms in total. The van der Waals surface area contributed by atoms with E-state index in [0.717, 1.165) is 30.6 Å². The zero-order valence-corrected chi connectivity index (χ0v) is 11.9. The van der Waals surface area contributed by atoms with Crippen LogP contribution in [-0.2, 0) is 4.79 Å². The summed E-state index contributed by atoms with van der Waals surface area (Å²) in [5, 5.41) is 3.05. The Kier molecular flexibility index (Phi) is 3.80. The molecule has 3 N–H and O–H groups in total. The van der Waals surface area contributed by atoms with Crippen molar-refractivity contribution in [2.75, 3.05) is 0 Å². The van der Waals surface area contributed by atoms with Gasteiger partial charge in [-0.15, -0.1) is 0 Å². The van der Waals surface area contributed by atoms with Crippen molar-refractivity contribution < 1.29 is 9.21 Å². The summed E-state index contributed by atoms with van der Waals surface area (Å²) in [5.41, 5.74) is 6.84. The van der Waals surface area contributed by atoms with Crippen LogP contribution in [0.4, 0.5) is 0 Å². The van der Waals surface area contributed by atoms with Crippen molar-refractivity contribution in [3.05, 3.63) is 60.1 Å². The first-order valence-corrected chi connectivity index (χ1v) is 7.33. The molecule has 1 saturated carbocycles. The lowest BCUT2D eigenvalue weighted by Gasteiger charge is -2.37. The van der Waals surface area contributed by atoms with Gasteiger partial charge < -0.3 is 15.5 Å². The van der Waals surface area contributed by atoms with Crippen LogP contribution in [0.15, 0.2) is 53.1 Å². The van der Waals surface area contributed by atoms with E-state index < -0.39 is 0 Å². The molecule has 1 aromatic carbocycles. The lowest BCUT2D eigenvalue weighted by atomic mass is 9.75. The Morgan fingerprint density at radius 2 is 2.00 bits per heavy atom. The first-order valence-electron chi connectivity index (χ1n) is 7.33. The summed E-state index contributed by atoms with van der Waals surface area (Å²) in [5.74, 6) is 0.705. The van der Waals surface area contributed by atoms with E-state index in [4.69, 9.17) is 10.2 Å². The minimum atomic E-state index is -0.311. The molecule has 0 saturated heterocycles. The van der Waals surface area contributed by atoms with Gasteiger partial charge in [0.25, 0.3) is 0 Å². The zero-order valence-electron chi connectivity index (χ0n) is 11.9. The fraction of sp³-hybridized carbons (Fsp3) is 0.353. The maximum absolute atomic E-state index is 12.3. The Morgan fingerprint density at radius 1 is 1.24 bits per heavy atom. The van der Waals surface area contributed by atoms with Crippen LogP contribution in [0, 0.1) is 0 Å². The monoisotopic (exact) mass is 284 g/mol. The number of hydrogen-bond donors (Lipinski definition) is 2. The van der Waals surface area contributed by atoms with Gasteiger partial charge >= 0.3 is 0 Å². The smallest absolute Gasteiger partial charge is 0.222 e. The molecule has 1 atom stereocenters. The van der Waals surface area contributed by atoms with Gasteiger partial charge in [-0.05, 0) is 37.0 Å². The number of furan rings is 1. The van der Waals surface area contributed by atoms with Gasteiger partial charge in [-0.2, -0.15) is 0 Å². The topological polar surface area (TPSA) is 68.3 Å². The highest BCUT2D eigenvalue weighted by molar-refractivity contribution is 5.78. The predicted octanol–water partition coefficient (Wildman–Crippen LogP) is 2.76. The number of nitrogens with one attached hydrogen (secondary N) is 1. The second-order valence-corrected chi connectivity index (χ2v) is 5.82. The molecular weight excluding hydrogens is 264 g/mol. The minimum Gasteiger partial charge on any atom is -0.467 e. The molecule has 21 heavy (non-hydrogen) atoms. The number of nitrogens with two attached hydrogens (primary N) is 1. The van der Waals surface area contributed by atoms with Crippen molar-refractivity contribution in [2.24, 2.45) is 5.73 Å². The average Bonchev–Trinajstić information content (AvgIpc) is 2.98. The molecule has 1 aliphatic rings. The third kappa shape index (κ3) is 3.16. The molecule has 1 unspecified atom stereocenters. The van der Waals surface area contributed by atoms with Crippen LogP contribution in [0.2, 0.25) is 0 Å². The van der Waals surface area contributed by atoms with Crippen LogP contribution in [0.25, 0.3) is 0 Å². The van der Waals surface area contributed by atoms with Crippen LogP contribution < -0.4 is 11.1 Å². The molecule has 3 rings (SSSR count). The number of benzene rings is 1. The highest BCUT2D eigenvalue weighted by Gasteiger charge is 2.35. The molecule has 1 heterocycles. The molecule has 110 valence electrons. The summed E-state index contributed by atoms with van der Waals surface area (Å²) >= 11 is 0. The van der Waals surface area contributed by atoms with Gasteiger partial charge in [0.2, 0.25) is 5.91 Å². The van der Waals surface area contributed by atoms with E-state index in [9.17, 15) is 4.79 Å². The molecule has 0 spiro atoms. The van der Waals surface area contributed by atoms with E-state index in [1.54, 1.807) is 6.26 Å².